The van der Waals surface area contributed by atoms with E-state index in [0.717, 1.165) is 0 Å². The van der Waals surface area contributed by atoms with Crippen LogP contribution < -0.4 is 4.74 Å². The van der Waals surface area contributed by atoms with Crippen molar-refractivity contribution in [2.24, 2.45) is 0 Å². The number of alkyl halides is 1. The Morgan fingerprint density at radius 1 is 1.73 bits per heavy atom. The Kier molecular flexibility index (Phi) is 2.90. The van der Waals surface area contributed by atoms with E-state index in [1.807, 2.05) is 0 Å². The molecule has 0 amide bonds. The molecule has 11 heavy (non-hydrogen) atoms. The first kappa shape index (κ1) is 8.05. The lowest BCUT2D eigenvalue weighted by Crippen LogP contribution is -2.07. The van der Waals surface area contributed by atoms with Gasteiger partial charge in [0, 0.05) is 6.42 Å². The summed E-state index contributed by atoms with van der Waals surface area (Å²) in [5, 5.41) is 0. The van der Waals surface area contributed by atoms with Gasteiger partial charge in [-0.05, 0) is 18.2 Å². The fourth-order valence-corrected chi connectivity index (χ4v) is 0.681. The molecule has 0 aliphatic carbocycles. The summed E-state index contributed by atoms with van der Waals surface area (Å²) in [7, 11) is 0. The molecule has 1 rings (SSSR count). The van der Waals surface area contributed by atoms with Crippen LogP contribution in [0.2, 0.25) is 0 Å². The lowest BCUT2D eigenvalue weighted by atomic mass is 10.3. The molecule has 0 aliphatic rings. The monoisotopic (exact) mass is 153 g/mol. The first-order chi connectivity index (χ1) is 5.33. The van der Waals surface area contributed by atoms with Crippen molar-refractivity contribution in [1.82, 2.24) is 0 Å². The molecule has 1 aromatic rings. The largest absolute Gasteiger partial charge is 0.460 e. The van der Waals surface area contributed by atoms with E-state index in [-0.39, 0.29) is 0 Å². The van der Waals surface area contributed by atoms with Gasteiger partial charge in [0.2, 0.25) is 6.36 Å². The van der Waals surface area contributed by atoms with Gasteiger partial charge in [-0.25, -0.2) is 4.39 Å². The van der Waals surface area contributed by atoms with Gasteiger partial charge < -0.3 is 4.74 Å². The molecule has 1 atom stereocenters. The Hall–Kier alpha value is -1.05. The van der Waals surface area contributed by atoms with E-state index < -0.39 is 6.36 Å². The number of halogens is 1. The minimum absolute atomic E-state index is 0.370. The number of hydrogen-bond acceptors (Lipinski definition) is 1. The lowest BCUT2D eigenvalue weighted by Gasteiger charge is -2.07. The molecule has 2 heteroatoms. The van der Waals surface area contributed by atoms with Gasteiger partial charge in [0.1, 0.15) is 5.75 Å². The van der Waals surface area contributed by atoms with Crippen molar-refractivity contribution in [2.45, 2.75) is 19.7 Å². The summed E-state index contributed by atoms with van der Waals surface area (Å²) in [6.07, 6.45) is -0.833. The zero-order chi connectivity index (χ0) is 8.10. The summed E-state index contributed by atoms with van der Waals surface area (Å²) in [6.45, 7) is 1.73. The number of benzene rings is 1. The molecule has 1 aromatic carbocycles. The van der Waals surface area contributed by atoms with E-state index in [4.69, 9.17) is 4.74 Å². The predicted octanol–water partition coefficient (Wildman–Crippen LogP) is 2.57. The minimum Gasteiger partial charge on any atom is -0.460 e. The average Bonchev–Trinajstić information content (AvgIpc) is 2.06. The van der Waals surface area contributed by atoms with E-state index in [1.54, 1.807) is 31.2 Å². The van der Waals surface area contributed by atoms with Crippen LogP contribution in [-0.2, 0) is 0 Å². The van der Waals surface area contributed by atoms with Crippen LogP contribution in [0.1, 0.15) is 13.3 Å². The zero-order valence-electron chi connectivity index (χ0n) is 6.38. The quantitative estimate of drug-likeness (QED) is 0.648. The van der Waals surface area contributed by atoms with Crippen molar-refractivity contribution in [2.75, 3.05) is 0 Å². The van der Waals surface area contributed by atoms with Crippen molar-refractivity contribution in [3.8, 4) is 5.75 Å². The van der Waals surface area contributed by atoms with Crippen molar-refractivity contribution >= 4 is 0 Å². The molecule has 0 heterocycles. The molecule has 0 aromatic heterocycles. The van der Waals surface area contributed by atoms with Gasteiger partial charge in [-0.15, -0.1) is 0 Å². The van der Waals surface area contributed by atoms with E-state index in [1.165, 1.54) is 0 Å². The predicted molar refractivity (Wildman–Crippen MR) is 41.1 cm³/mol. The highest BCUT2D eigenvalue weighted by Crippen LogP contribution is 2.12. The van der Waals surface area contributed by atoms with Gasteiger partial charge >= 0.3 is 0 Å². The first-order valence-electron chi connectivity index (χ1n) is 3.59. The Labute approximate surface area is 65.8 Å². The van der Waals surface area contributed by atoms with E-state index in [0.29, 0.717) is 12.2 Å². The second kappa shape index (κ2) is 3.96. The van der Waals surface area contributed by atoms with Crippen LogP contribution in [0.4, 0.5) is 4.39 Å². The SMILES string of the molecule is CCC(F)Oc1c[c]ccc1. The van der Waals surface area contributed by atoms with Gasteiger partial charge in [-0.1, -0.05) is 19.1 Å². The molecule has 0 saturated carbocycles. The van der Waals surface area contributed by atoms with Crippen LogP contribution in [0.3, 0.4) is 0 Å². The van der Waals surface area contributed by atoms with Crippen LogP contribution in [-0.4, -0.2) is 6.36 Å². The summed E-state index contributed by atoms with van der Waals surface area (Å²) >= 11 is 0. The third kappa shape index (κ3) is 2.58. The second-order valence-corrected chi connectivity index (χ2v) is 2.18. The third-order valence-electron chi connectivity index (χ3n) is 1.26. The molecule has 0 bridgehead atoms. The third-order valence-corrected chi connectivity index (χ3v) is 1.26. The summed E-state index contributed by atoms with van der Waals surface area (Å²) in [5.74, 6) is 0.529. The molecular weight excluding hydrogens is 143 g/mol. The maximum absolute atomic E-state index is 12.6. The Balaban J connectivity index is 2.51. The van der Waals surface area contributed by atoms with Gasteiger partial charge in [0.15, 0.2) is 0 Å². The van der Waals surface area contributed by atoms with E-state index in [2.05, 4.69) is 6.07 Å². The molecule has 59 valence electrons. The number of hydrogen-bond donors (Lipinski definition) is 0. The molecule has 1 radical (unpaired) electrons. The Bertz CT molecular complexity index is 198. The Morgan fingerprint density at radius 2 is 2.55 bits per heavy atom. The lowest BCUT2D eigenvalue weighted by molar-refractivity contribution is 0.0642. The normalized spacial score (nSPS) is 12.5. The van der Waals surface area contributed by atoms with Crippen LogP contribution in [0.5, 0.6) is 5.75 Å². The highest BCUT2D eigenvalue weighted by molar-refractivity contribution is 5.20. The van der Waals surface area contributed by atoms with E-state index in [9.17, 15) is 4.39 Å². The maximum Gasteiger partial charge on any atom is 0.238 e. The van der Waals surface area contributed by atoms with Gasteiger partial charge in [0.05, 0.1) is 0 Å². The van der Waals surface area contributed by atoms with Crippen LogP contribution in [0.15, 0.2) is 24.3 Å². The van der Waals surface area contributed by atoms with Crippen LogP contribution in [0, 0.1) is 6.07 Å². The standard InChI is InChI=1S/C9H10FO/c1-2-9(10)11-8-6-4-3-5-7-8/h3-4,6-7,9H,2H2,1H3. The fourth-order valence-electron chi connectivity index (χ4n) is 0.681. The first-order valence-corrected chi connectivity index (χ1v) is 3.59. The molecule has 0 spiro atoms. The molecule has 0 aliphatic heterocycles. The summed E-state index contributed by atoms with van der Waals surface area (Å²) in [4.78, 5) is 0. The highest BCUT2D eigenvalue weighted by atomic mass is 19.1. The zero-order valence-corrected chi connectivity index (χ0v) is 6.38. The summed E-state index contributed by atoms with van der Waals surface area (Å²) in [6, 6.07) is 9.62. The molecule has 1 unspecified atom stereocenters. The van der Waals surface area contributed by atoms with Crippen molar-refractivity contribution in [3.63, 3.8) is 0 Å². The van der Waals surface area contributed by atoms with Crippen LogP contribution >= 0.6 is 0 Å². The second-order valence-electron chi connectivity index (χ2n) is 2.18. The average molecular weight is 153 g/mol. The van der Waals surface area contributed by atoms with Crippen LogP contribution in [0.25, 0.3) is 0 Å². The van der Waals surface area contributed by atoms with Crippen molar-refractivity contribution in [1.29, 1.82) is 0 Å². The van der Waals surface area contributed by atoms with Gasteiger partial charge in [0.25, 0.3) is 0 Å². The van der Waals surface area contributed by atoms with Crippen molar-refractivity contribution < 1.29 is 9.13 Å². The van der Waals surface area contributed by atoms with E-state index >= 15 is 0 Å². The fraction of sp³-hybridized carbons (Fsp3) is 0.333. The maximum atomic E-state index is 12.6. The highest BCUT2D eigenvalue weighted by Gasteiger charge is 2.02. The number of rotatable bonds is 3. The van der Waals surface area contributed by atoms with Gasteiger partial charge in [-0.2, -0.15) is 0 Å². The van der Waals surface area contributed by atoms with Gasteiger partial charge in [-0.3, -0.25) is 0 Å². The topological polar surface area (TPSA) is 9.23 Å². The smallest absolute Gasteiger partial charge is 0.238 e. The molecule has 0 N–H and O–H groups in total. The van der Waals surface area contributed by atoms with Crippen molar-refractivity contribution in [3.05, 3.63) is 30.3 Å². The molecular formula is C9H10FO. The molecule has 0 fully saturated rings. The minimum atomic E-state index is -1.20. The number of ether oxygens (including phenoxy) is 1. The Morgan fingerprint density at radius 3 is 3.09 bits per heavy atom. The summed E-state index contributed by atoms with van der Waals surface area (Å²) in [5.41, 5.74) is 0. The summed E-state index contributed by atoms with van der Waals surface area (Å²) < 4.78 is 17.4. The molecule has 0 saturated heterocycles. The molecule has 1 nitrogen and oxygen atoms in total.